The highest BCUT2D eigenvalue weighted by Crippen LogP contribution is 2.27. The van der Waals surface area contributed by atoms with Gasteiger partial charge in [-0.3, -0.25) is 4.79 Å². The van der Waals surface area contributed by atoms with E-state index < -0.39 is 0 Å². The summed E-state index contributed by atoms with van der Waals surface area (Å²) in [5.74, 6) is 0.122. The molecule has 0 bridgehead atoms. The highest BCUT2D eigenvalue weighted by molar-refractivity contribution is 7.80. The predicted octanol–water partition coefficient (Wildman–Crippen LogP) is 3.26. The highest BCUT2D eigenvalue weighted by atomic mass is 35.5. The summed E-state index contributed by atoms with van der Waals surface area (Å²) in [6.45, 7) is 1.64. The van der Waals surface area contributed by atoms with Crippen LogP contribution in [0.5, 0.6) is 5.75 Å². The van der Waals surface area contributed by atoms with Gasteiger partial charge in [-0.05, 0) is 49.7 Å². The van der Waals surface area contributed by atoms with E-state index in [9.17, 15) is 4.79 Å². The second-order valence-electron chi connectivity index (χ2n) is 4.76. The zero-order chi connectivity index (χ0) is 15.2. The maximum atomic E-state index is 11.8. The molecule has 1 N–H and O–H groups in total. The lowest BCUT2D eigenvalue weighted by molar-refractivity contribution is -0.121. The molecule has 0 spiro atoms. The van der Waals surface area contributed by atoms with E-state index in [4.69, 9.17) is 40.2 Å². The van der Waals surface area contributed by atoms with Crippen molar-refractivity contribution in [1.82, 2.24) is 10.2 Å². The molecular weight excluding hydrogens is 331 g/mol. The third-order valence-corrected chi connectivity index (χ3v) is 4.03. The fourth-order valence-corrected chi connectivity index (χ4v) is 2.83. The fraction of sp³-hybridized carbons (Fsp3) is 0.429. The van der Waals surface area contributed by atoms with Gasteiger partial charge in [0.1, 0.15) is 5.75 Å². The van der Waals surface area contributed by atoms with Crippen LogP contribution in [-0.2, 0) is 4.79 Å². The Morgan fingerprint density at radius 2 is 2.00 bits per heavy atom. The Hall–Kier alpha value is -1.04. The van der Waals surface area contributed by atoms with Gasteiger partial charge in [-0.2, -0.15) is 0 Å². The van der Waals surface area contributed by atoms with Gasteiger partial charge >= 0.3 is 0 Å². The van der Waals surface area contributed by atoms with Crippen LogP contribution in [-0.4, -0.2) is 35.6 Å². The number of ether oxygens (including phenoxy) is 1. The summed E-state index contributed by atoms with van der Waals surface area (Å²) < 4.78 is 5.36. The number of likely N-dealkylation sites (tertiary alicyclic amines) is 1. The van der Waals surface area contributed by atoms with E-state index in [0.717, 1.165) is 25.9 Å². The Morgan fingerprint density at radius 3 is 2.67 bits per heavy atom. The van der Waals surface area contributed by atoms with Crippen molar-refractivity contribution in [3.05, 3.63) is 28.2 Å². The predicted molar refractivity (Wildman–Crippen MR) is 88.1 cm³/mol. The van der Waals surface area contributed by atoms with E-state index in [1.165, 1.54) is 6.42 Å². The summed E-state index contributed by atoms with van der Waals surface area (Å²) in [6, 6.07) is 4.84. The van der Waals surface area contributed by atoms with Crippen LogP contribution in [0.15, 0.2) is 18.2 Å². The minimum atomic E-state index is -0.295. The molecule has 0 atom stereocenters. The summed E-state index contributed by atoms with van der Waals surface area (Å²) in [5, 5.41) is 4.02. The van der Waals surface area contributed by atoms with Gasteiger partial charge in [0, 0.05) is 18.1 Å². The zero-order valence-corrected chi connectivity index (χ0v) is 13.7. The molecule has 1 aromatic carbocycles. The van der Waals surface area contributed by atoms with Gasteiger partial charge in [-0.15, -0.1) is 0 Å². The second-order valence-corrected chi connectivity index (χ2v) is 5.99. The van der Waals surface area contributed by atoms with Crippen molar-refractivity contribution in [2.45, 2.75) is 19.3 Å². The summed E-state index contributed by atoms with van der Waals surface area (Å²) in [7, 11) is 0. The number of nitrogens with one attached hydrogen (secondary N) is 1. The molecule has 7 heteroatoms. The maximum Gasteiger partial charge on any atom is 0.264 e. The third-order valence-electron chi connectivity index (χ3n) is 3.14. The van der Waals surface area contributed by atoms with E-state index in [2.05, 4.69) is 5.32 Å². The van der Waals surface area contributed by atoms with Crippen LogP contribution in [0.3, 0.4) is 0 Å². The van der Waals surface area contributed by atoms with Crippen molar-refractivity contribution in [2.75, 3.05) is 19.7 Å². The van der Waals surface area contributed by atoms with Gasteiger partial charge in [-0.25, -0.2) is 0 Å². The number of carbonyl (C=O) groups excluding carboxylic acids is 1. The van der Waals surface area contributed by atoms with Crippen LogP contribution in [0.1, 0.15) is 19.3 Å². The zero-order valence-electron chi connectivity index (χ0n) is 11.4. The van der Waals surface area contributed by atoms with Crippen LogP contribution in [0.4, 0.5) is 0 Å². The number of piperidine rings is 1. The fourth-order valence-electron chi connectivity index (χ4n) is 2.07. The van der Waals surface area contributed by atoms with Gasteiger partial charge in [-0.1, -0.05) is 23.2 Å². The molecule has 21 heavy (non-hydrogen) atoms. The van der Waals surface area contributed by atoms with Crippen molar-refractivity contribution < 1.29 is 9.53 Å². The first-order valence-electron chi connectivity index (χ1n) is 6.73. The first-order chi connectivity index (χ1) is 10.1. The standard InChI is InChI=1S/C14H16Cl2N2O2S/c15-10-4-5-12(11(16)8-10)20-9-13(19)17-14(21)18-6-2-1-3-7-18/h4-5,8H,1-3,6-7,9H2,(H,17,19,21). The number of hydrogen-bond acceptors (Lipinski definition) is 3. The number of hydrogen-bond donors (Lipinski definition) is 1. The normalized spacial score (nSPS) is 14.7. The van der Waals surface area contributed by atoms with Crippen LogP contribution >= 0.6 is 35.4 Å². The molecule has 0 unspecified atom stereocenters. The second kappa shape index (κ2) is 7.82. The third kappa shape index (κ3) is 5.02. The van der Waals surface area contributed by atoms with E-state index in [1.54, 1.807) is 18.2 Å². The molecule has 1 amide bonds. The molecule has 1 aromatic rings. The monoisotopic (exact) mass is 346 g/mol. The van der Waals surface area contributed by atoms with Gasteiger partial charge < -0.3 is 15.0 Å². The number of carbonyl (C=O) groups is 1. The molecule has 1 fully saturated rings. The molecule has 0 aliphatic carbocycles. The molecule has 1 aliphatic rings. The smallest absolute Gasteiger partial charge is 0.264 e. The average molecular weight is 347 g/mol. The van der Waals surface area contributed by atoms with E-state index in [-0.39, 0.29) is 12.5 Å². The average Bonchev–Trinajstić information content (AvgIpc) is 2.47. The molecule has 0 saturated carbocycles. The lowest BCUT2D eigenvalue weighted by atomic mass is 10.1. The van der Waals surface area contributed by atoms with Crippen LogP contribution in [0.25, 0.3) is 0 Å². The van der Waals surface area contributed by atoms with Crippen LogP contribution < -0.4 is 10.1 Å². The SMILES string of the molecule is O=C(COc1ccc(Cl)cc1Cl)NC(=S)N1CCCCC1. The highest BCUT2D eigenvalue weighted by Gasteiger charge is 2.15. The molecular formula is C14H16Cl2N2O2S. The van der Waals surface area contributed by atoms with Gasteiger partial charge in [0.25, 0.3) is 5.91 Å². The molecule has 0 radical (unpaired) electrons. The Bertz CT molecular complexity index is 534. The summed E-state index contributed by atoms with van der Waals surface area (Å²) in [4.78, 5) is 13.8. The quantitative estimate of drug-likeness (QED) is 0.853. The van der Waals surface area contributed by atoms with E-state index in [1.807, 2.05) is 4.90 Å². The molecule has 2 rings (SSSR count). The number of thiocarbonyl (C=S) groups is 1. The molecule has 1 saturated heterocycles. The minimum absolute atomic E-state index is 0.144. The first kappa shape index (κ1) is 16.3. The number of nitrogens with zero attached hydrogens (tertiary/aromatic N) is 1. The Labute approximate surface area is 139 Å². The Kier molecular flexibility index (Phi) is 6.08. The lowest BCUT2D eigenvalue weighted by Gasteiger charge is -2.28. The topological polar surface area (TPSA) is 41.6 Å². The Morgan fingerprint density at radius 1 is 1.29 bits per heavy atom. The minimum Gasteiger partial charge on any atom is -0.482 e. The molecule has 4 nitrogen and oxygen atoms in total. The molecule has 1 aliphatic heterocycles. The largest absolute Gasteiger partial charge is 0.482 e. The summed E-state index contributed by atoms with van der Waals surface area (Å²) in [5.41, 5.74) is 0. The van der Waals surface area contributed by atoms with Gasteiger partial charge in [0.2, 0.25) is 0 Å². The molecule has 114 valence electrons. The van der Waals surface area contributed by atoms with E-state index in [0.29, 0.717) is 20.9 Å². The van der Waals surface area contributed by atoms with E-state index >= 15 is 0 Å². The number of amides is 1. The maximum absolute atomic E-state index is 11.8. The molecule has 1 heterocycles. The van der Waals surface area contributed by atoms with Crippen LogP contribution in [0.2, 0.25) is 10.0 Å². The van der Waals surface area contributed by atoms with Crippen molar-refractivity contribution in [1.29, 1.82) is 0 Å². The van der Waals surface area contributed by atoms with Crippen molar-refractivity contribution in [3.8, 4) is 5.75 Å². The number of halogens is 2. The van der Waals surface area contributed by atoms with Gasteiger partial charge in [0.05, 0.1) is 5.02 Å². The lowest BCUT2D eigenvalue weighted by Crippen LogP contribution is -2.46. The first-order valence-corrected chi connectivity index (χ1v) is 7.89. The number of rotatable bonds is 3. The summed E-state index contributed by atoms with van der Waals surface area (Å²) >= 11 is 17.0. The van der Waals surface area contributed by atoms with Crippen molar-refractivity contribution in [3.63, 3.8) is 0 Å². The Balaban J connectivity index is 1.80. The van der Waals surface area contributed by atoms with Crippen molar-refractivity contribution >= 4 is 46.4 Å². The van der Waals surface area contributed by atoms with Crippen molar-refractivity contribution in [2.24, 2.45) is 0 Å². The number of benzene rings is 1. The summed E-state index contributed by atoms with van der Waals surface area (Å²) in [6.07, 6.45) is 3.42. The molecule has 0 aromatic heterocycles. The van der Waals surface area contributed by atoms with Gasteiger partial charge in [0.15, 0.2) is 11.7 Å². The van der Waals surface area contributed by atoms with Crippen LogP contribution in [0, 0.1) is 0 Å².